The maximum absolute atomic E-state index is 5.50. The molecule has 0 amide bonds. The van der Waals surface area contributed by atoms with Crippen molar-refractivity contribution in [2.45, 2.75) is 19.9 Å². The highest BCUT2D eigenvalue weighted by atomic mass is 32.1. The molecule has 6 heteroatoms. The maximum atomic E-state index is 5.50. The fourth-order valence-corrected chi connectivity index (χ4v) is 4.03. The molecule has 1 fully saturated rings. The van der Waals surface area contributed by atoms with Gasteiger partial charge in [0.25, 0.3) is 0 Å². The lowest BCUT2D eigenvalue weighted by Gasteiger charge is -2.34. The molecule has 2 aromatic rings. The molecule has 25 heavy (non-hydrogen) atoms. The van der Waals surface area contributed by atoms with E-state index in [1.807, 2.05) is 0 Å². The van der Waals surface area contributed by atoms with E-state index in [0.717, 1.165) is 38.5 Å². The molecular weight excluding hydrogens is 350 g/mol. The van der Waals surface area contributed by atoms with Crippen LogP contribution >= 0.6 is 23.6 Å². The number of ether oxygens (including phenoxy) is 1. The van der Waals surface area contributed by atoms with E-state index in [4.69, 9.17) is 17.0 Å². The molecule has 1 aromatic carbocycles. The second kappa shape index (κ2) is 8.76. The SMILES string of the molecule is Cc1ccc(NC(=S)NC[C@@H](c2cccs2)N2CCOCC2)cc1C. The van der Waals surface area contributed by atoms with Gasteiger partial charge in [-0.15, -0.1) is 11.3 Å². The lowest BCUT2D eigenvalue weighted by atomic mass is 10.1. The van der Waals surface area contributed by atoms with Crippen LogP contribution in [0.25, 0.3) is 0 Å². The van der Waals surface area contributed by atoms with Crippen LogP contribution in [-0.2, 0) is 4.74 Å². The Morgan fingerprint density at radius 1 is 1.24 bits per heavy atom. The predicted molar refractivity (Wildman–Crippen MR) is 110 cm³/mol. The summed E-state index contributed by atoms with van der Waals surface area (Å²) < 4.78 is 5.50. The van der Waals surface area contributed by atoms with Gasteiger partial charge in [0.2, 0.25) is 0 Å². The molecule has 0 saturated carbocycles. The third-order valence-electron chi connectivity index (χ3n) is 4.58. The Balaban J connectivity index is 1.60. The number of benzene rings is 1. The van der Waals surface area contributed by atoms with Gasteiger partial charge >= 0.3 is 0 Å². The summed E-state index contributed by atoms with van der Waals surface area (Å²) in [5, 5.41) is 9.49. The fraction of sp³-hybridized carbons (Fsp3) is 0.421. The summed E-state index contributed by atoms with van der Waals surface area (Å²) >= 11 is 7.30. The number of nitrogens with one attached hydrogen (secondary N) is 2. The van der Waals surface area contributed by atoms with E-state index in [0.29, 0.717) is 11.2 Å². The molecule has 0 spiro atoms. The maximum Gasteiger partial charge on any atom is 0.170 e. The Bertz CT molecular complexity index is 697. The topological polar surface area (TPSA) is 36.5 Å². The van der Waals surface area contributed by atoms with Crippen molar-refractivity contribution in [2.24, 2.45) is 0 Å². The molecule has 2 heterocycles. The molecule has 0 radical (unpaired) electrons. The van der Waals surface area contributed by atoms with Crippen molar-refractivity contribution in [3.05, 3.63) is 51.7 Å². The molecule has 1 atom stereocenters. The molecule has 4 nitrogen and oxygen atoms in total. The van der Waals surface area contributed by atoms with Gasteiger partial charge in [-0.3, -0.25) is 4.90 Å². The van der Waals surface area contributed by atoms with Gasteiger partial charge in [-0.2, -0.15) is 0 Å². The summed E-state index contributed by atoms with van der Waals surface area (Å²) in [6, 6.07) is 10.9. The summed E-state index contributed by atoms with van der Waals surface area (Å²) in [4.78, 5) is 3.84. The number of anilines is 1. The number of hydrogen-bond donors (Lipinski definition) is 2. The number of nitrogens with zero attached hydrogens (tertiary/aromatic N) is 1. The van der Waals surface area contributed by atoms with Gasteiger partial charge in [-0.1, -0.05) is 12.1 Å². The van der Waals surface area contributed by atoms with Gasteiger partial charge in [0.15, 0.2) is 5.11 Å². The van der Waals surface area contributed by atoms with Gasteiger partial charge in [-0.05, 0) is 60.8 Å². The molecule has 3 rings (SSSR count). The van der Waals surface area contributed by atoms with Crippen LogP contribution in [-0.4, -0.2) is 42.9 Å². The summed E-state index contributed by atoms with van der Waals surface area (Å²) in [5.74, 6) is 0. The lowest BCUT2D eigenvalue weighted by Crippen LogP contribution is -2.44. The standard InChI is InChI=1S/C19H25N3OS2/c1-14-5-6-16(12-15(14)2)21-19(24)20-13-17(18-4-3-11-25-18)22-7-9-23-10-8-22/h3-6,11-12,17H,7-10,13H2,1-2H3,(H2,20,21,24)/t17-/m0/s1. The summed E-state index contributed by atoms with van der Waals surface area (Å²) in [5.41, 5.74) is 3.58. The van der Waals surface area contributed by atoms with Crippen molar-refractivity contribution < 1.29 is 4.74 Å². The second-order valence-corrected chi connectivity index (χ2v) is 7.70. The second-order valence-electron chi connectivity index (χ2n) is 6.31. The van der Waals surface area contributed by atoms with Crippen LogP contribution in [0.1, 0.15) is 22.0 Å². The predicted octanol–water partition coefficient (Wildman–Crippen LogP) is 3.72. The molecule has 1 aromatic heterocycles. The molecule has 1 saturated heterocycles. The van der Waals surface area contributed by atoms with Crippen molar-refractivity contribution in [3.63, 3.8) is 0 Å². The normalized spacial score (nSPS) is 16.4. The Hall–Kier alpha value is -1.47. The average Bonchev–Trinajstić information content (AvgIpc) is 3.14. The molecular formula is C19H25N3OS2. The zero-order valence-corrected chi connectivity index (χ0v) is 16.4. The number of aryl methyl sites for hydroxylation is 2. The zero-order valence-electron chi connectivity index (χ0n) is 14.7. The molecule has 1 aliphatic rings. The van der Waals surface area contributed by atoms with Crippen LogP contribution in [0.4, 0.5) is 5.69 Å². The molecule has 134 valence electrons. The summed E-state index contributed by atoms with van der Waals surface area (Å²) in [7, 11) is 0. The molecule has 0 unspecified atom stereocenters. The van der Waals surface area contributed by atoms with E-state index in [1.54, 1.807) is 11.3 Å². The number of morpholine rings is 1. The summed E-state index contributed by atoms with van der Waals surface area (Å²) in [6.45, 7) is 8.53. The first kappa shape index (κ1) is 18.3. The highest BCUT2D eigenvalue weighted by Crippen LogP contribution is 2.25. The Morgan fingerprint density at radius 2 is 2.04 bits per heavy atom. The minimum absolute atomic E-state index is 0.323. The van der Waals surface area contributed by atoms with Gasteiger partial charge in [0, 0.05) is 30.2 Å². The van der Waals surface area contributed by atoms with E-state index in [2.05, 4.69) is 65.1 Å². The Labute approximate surface area is 159 Å². The lowest BCUT2D eigenvalue weighted by molar-refractivity contribution is 0.0177. The van der Waals surface area contributed by atoms with E-state index in [-0.39, 0.29) is 0 Å². The van der Waals surface area contributed by atoms with Crippen LogP contribution < -0.4 is 10.6 Å². The van der Waals surface area contributed by atoms with Gasteiger partial charge in [-0.25, -0.2) is 0 Å². The third-order valence-corrected chi connectivity index (χ3v) is 5.80. The molecule has 0 bridgehead atoms. The van der Waals surface area contributed by atoms with Gasteiger partial charge < -0.3 is 15.4 Å². The van der Waals surface area contributed by atoms with E-state index < -0.39 is 0 Å². The summed E-state index contributed by atoms with van der Waals surface area (Å²) in [6.07, 6.45) is 0. The van der Waals surface area contributed by atoms with Crippen molar-refractivity contribution in [1.82, 2.24) is 10.2 Å². The average molecular weight is 376 g/mol. The van der Waals surface area contributed by atoms with Crippen LogP contribution in [0.3, 0.4) is 0 Å². The van der Waals surface area contributed by atoms with E-state index in [9.17, 15) is 0 Å². The smallest absolute Gasteiger partial charge is 0.170 e. The molecule has 1 aliphatic heterocycles. The first-order valence-corrected chi connectivity index (χ1v) is 9.89. The third kappa shape index (κ3) is 5.01. The Morgan fingerprint density at radius 3 is 2.72 bits per heavy atom. The number of thiophene rings is 1. The zero-order chi connectivity index (χ0) is 17.6. The van der Waals surface area contributed by atoms with Gasteiger partial charge in [0.05, 0.1) is 19.3 Å². The van der Waals surface area contributed by atoms with Crippen LogP contribution in [0, 0.1) is 13.8 Å². The highest BCUT2D eigenvalue weighted by molar-refractivity contribution is 7.80. The van der Waals surface area contributed by atoms with E-state index >= 15 is 0 Å². The fourth-order valence-electron chi connectivity index (χ4n) is 2.96. The van der Waals surface area contributed by atoms with Crippen molar-refractivity contribution in [1.29, 1.82) is 0 Å². The largest absolute Gasteiger partial charge is 0.379 e. The molecule has 2 N–H and O–H groups in total. The highest BCUT2D eigenvalue weighted by Gasteiger charge is 2.23. The molecule has 0 aliphatic carbocycles. The first-order valence-electron chi connectivity index (χ1n) is 8.61. The minimum Gasteiger partial charge on any atom is -0.379 e. The van der Waals surface area contributed by atoms with Crippen LogP contribution in [0.2, 0.25) is 0 Å². The monoisotopic (exact) mass is 375 g/mol. The first-order chi connectivity index (χ1) is 12.1. The van der Waals surface area contributed by atoms with Crippen LogP contribution in [0.15, 0.2) is 35.7 Å². The number of hydrogen-bond acceptors (Lipinski definition) is 4. The van der Waals surface area contributed by atoms with Crippen LogP contribution in [0.5, 0.6) is 0 Å². The quantitative estimate of drug-likeness (QED) is 0.779. The van der Waals surface area contributed by atoms with Crippen molar-refractivity contribution >= 4 is 34.4 Å². The Kier molecular flexibility index (Phi) is 6.42. The minimum atomic E-state index is 0.323. The number of thiocarbonyl (C=S) groups is 1. The van der Waals surface area contributed by atoms with Crippen molar-refractivity contribution in [2.75, 3.05) is 38.2 Å². The van der Waals surface area contributed by atoms with Crippen molar-refractivity contribution in [3.8, 4) is 0 Å². The number of rotatable bonds is 5. The van der Waals surface area contributed by atoms with Gasteiger partial charge in [0.1, 0.15) is 0 Å². The van der Waals surface area contributed by atoms with E-state index in [1.165, 1.54) is 16.0 Å².